The number of aromatic nitrogens is 3. The quantitative estimate of drug-likeness (QED) is 0.196. The van der Waals surface area contributed by atoms with E-state index < -0.39 is 21.4 Å². The van der Waals surface area contributed by atoms with Crippen LogP contribution in [0.5, 0.6) is 5.75 Å². The third kappa shape index (κ3) is 5.27. The Morgan fingerprint density at radius 1 is 0.659 bits per heavy atom. The zero-order valence-electron chi connectivity index (χ0n) is 22.1. The van der Waals surface area contributed by atoms with Gasteiger partial charge in [-0.05, 0) is 48.5 Å². The first kappa shape index (κ1) is 28.2. The molecule has 0 amide bonds. The molecule has 1 aliphatic heterocycles. The topological polar surface area (TPSA) is 95.0 Å². The molecule has 0 radical (unpaired) electrons. The van der Waals surface area contributed by atoms with Gasteiger partial charge in [0.05, 0.1) is 11.4 Å². The third-order valence-electron chi connectivity index (χ3n) is 6.43. The predicted molar refractivity (Wildman–Crippen MR) is 152 cm³/mol. The van der Waals surface area contributed by atoms with Crippen LogP contribution in [0.2, 0.25) is 5.02 Å². The molecule has 3 aromatic heterocycles. The Morgan fingerprint density at radius 2 is 0.976 bits per heavy atom. The van der Waals surface area contributed by atoms with Crippen molar-refractivity contribution in [1.82, 2.24) is 15.0 Å². The highest BCUT2D eigenvalue weighted by Crippen LogP contribution is 2.46. The molecule has 0 atom stereocenters. The van der Waals surface area contributed by atoms with Gasteiger partial charge < -0.3 is 23.8 Å². The molecular weight excluding hydrogens is 583 g/mol. The van der Waals surface area contributed by atoms with Crippen molar-refractivity contribution in [3.63, 3.8) is 0 Å². The molecule has 0 saturated heterocycles. The normalized spacial score (nSPS) is 13.9. The maximum absolute atomic E-state index is 13.5. The molecule has 0 saturated carbocycles. The summed E-state index contributed by atoms with van der Waals surface area (Å²) in [5, 5.41) is 0.104. The standard InChI is InChI=1S/C26H23ClF3N7O3S/c1-34-17-14-16(27)15-18(25(17)40-41(38,39)26(28,29)30)35(2)20-9-6-11-22(32-20)37(4)24-13-7-12-23(33-24)36(3)21-10-5-8-19(34)31-21/h5-15H,1-4H3. The minimum atomic E-state index is -6.07. The largest absolute Gasteiger partial charge is 0.534 e. The molecule has 0 unspecified atom stereocenters. The maximum Gasteiger partial charge on any atom is 0.534 e. The molecule has 0 fully saturated rings. The number of hydrogen-bond acceptors (Lipinski definition) is 10. The van der Waals surface area contributed by atoms with E-state index in [0.29, 0.717) is 23.3 Å². The molecule has 214 valence electrons. The molecule has 1 aromatic carbocycles. The number of rotatable bonds is 2. The maximum atomic E-state index is 13.5. The molecule has 15 heteroatoms. The van der Waals surface area contributed by atoms with Gasteiger partial charge >= 0.3 is 15.6 Å². The van der Waals surface area contributed by atoms with E-state index in [1.165, 1.54) is 36.0 Å². The molecule has 0 spiro atoms. The van der Waals surface area contributed by atoms with Crippen molar-refractivity contribution in [1.29, 1.82) is 0 Å². The average molecular weight is 606 g/mol. The van der Waals surface area contributed by atoms with Crippen LogP contribution in [0.15, 0.2) is 66.7 Å². The van der Waals surface area contributed by atoms with Gasteiger partial charge in [-0.2, -0.15) is 21.6 Å². The van der Waals surface area contributed by atoms with E-state index in [1.54, 1.807) is 72.4 Å². The zero-order chi connectivity index (χ0) is 29.7. The fourth-order valence-electron chi connectivity index (χ4n) is 4.14. The number of halogens is 4. The second-order valence-electron chi connectivity index (χ2n) is 9.05. The van der Waals surface area contributed by atoms with Crippen molar-refractivity contribution in [3.05, 3.63) is 71.8 Å². The van der Waals surface area contributed by atoms with Crippen molar-refractivity contribution >= 4 is 68.0 Å². The van der Waals surface area contributed by atoms with Crippen LogP contribution in [0.4, 0.5) is 59.5 Å². The summed E-state index contributed by atoms with van der Waals surface area (Å²) >= 11 is 6.44. The van der Waals surface area contributed by atoms with Gasteiger partial charge in [-0.3, -0.25) is 0 Å². The van der Waals surface area contributed by atoms with Gasteiger partial charge in [0.25, 0.3) is 0 Å². The van der Waals surface area contributed by atoms with Crippen LogP contribution in [-0.4, -0.2) is 57.1 Å². The highest BCUT2D eigenvalue weighted by molar-refractivity contribution is 7.88. The van der Waals surface area contributed by atoms with E-state index in [0.717, 1.165) is 0 Å². The van der Waals surface area contributed by atoms with Crippen molar-refractivity contribution < 1.29 is 25.8 Å². The van der Waals surface area contributed by atoms with Gasteiger partial charge in [-0.15, -0.1) is 0 Å². The van der Waals surface area contributed by atoms with E-state index in [-0.39, 0.29) is 28.0 Å². The van der Waals surface area contributed by atoms with Crippen molar-refractivity contribution in [2.75, 3.05) is 47.8 Å². The molecular formula is C26H23ClF3N7O3S. The lowest BCUT2D eigenvalue weighted by Gasteiger charge is -2.29. The van der Waals surface area contributed by atoms with Gasteiger partial charge in [-0.25, -0.2) is 15.0 Å². The lowest BCUT2D eigenvalue weighted by Crippen LogP contribution is -2.29. The van der Waals surface area contributed by atoms with Gasteiger partial charge in [0, 0.05) is 33.2 Å². The molecule has 41 heavy (non-hydrogen) atoms. The van der Waals surface area contributed by atoms with E-state index in [1.807, 2.05) is 6.07 Å². The second-order valence-corrected chi connectivity index (χ2v) is 11.0. The summed E-state index contributed by atoms with van der Waals surface area (Å²) in [5.41, 5.74) is -5.85. The highest BCUT2D eigenvalue weighted by atomic mass is 35.5. The monoisotopic (exact) mass is 605 g/mol. The summed E-state index contributed by atoms with van der Waals surface area (Å²) in [6, 6.07) is 18.1. The van der Waals surface area contributed by atoms with Crippen molar-refractivity contribution in [2.45, 2.75) is 5.51 Å². The van der Waals surface area contributed by atoms with Crippen LogP contribution in [-0.2, 0) is 10.1 Å². The van der Waals surface area contributed by atoms with Crippen LogP contribution in [0.3, 0.4) is 0 Å². The van der Waals surface area contributed by atoms with E-state index in [9.17, 15) is 21.6 Å². The summed E-state index contributed by atoms with van der Waals surface area (Å²) in [5.74, 6) is 1.95. The van der Waals surface area contributed by atoms with Crippen LogP contribution in [0.25, 0.3) is 0 Å². The van der Waals surface area contributed by atoms with Gasteiger partial charge in [0.15, 0.2) is 5.75 Å². The number of benzene rings is 1. The van der Waals surface area contributed by atoms with Crippen molar-refractivity contribution in [2.24, 2.45) is 0 Å². The molecule has 10 nitrogen and oxygen atoms in total. The summed E-state index contributed by atoms with van der Waals surface area (Å²) in [7, 11) is 0.458. The predicted octanol–water partition coefficient (Wildman–Crippen LogP) is 6.14. The Morgan fingerprint density at radius 3 is 1.29 bits per heavy atom. The van der Waals surface area contributed by atoms with Crippen molar-refractivity contribution in [3.8, 4) is 5.75 Å². The van der Waals surface area contributed by atoms with E-state index in [2.05, 4.69) is 9.97 Å². The van der Waals surface area contributed by atoms with Gasteiger partial charge in [0.1, 0.15) is 34.9 Å². The molecule has 4 heterocycles. The average Bonchev–Trinajstić information content (AvgIpc) is 2.95. The first-order chi connectivity index (χ1) is 19.3. The Kier molecular flexibility index (Phi) is 7.07. The fourth-order valence-corrected chi connectivity index (χ4v) is 4.84. The zero-order valence-corrected chi connectivity index (χ0v) is 23.7. The second kappa shape index (κ2) is 10.3. The summed E-state index contributed by atoms with van der Waals surface area (Å²) < 4.78 is 70.0. The van der Waals surface area contributed by atoms with Crippen LogP contribution < -0.4 is 23.8 Å². The summed E-state index contributed by atoms with van der Waals surface area (Å²) in [4.78, 5) is 20.3. The Bertz CT molecular complexity index is 1640. The first-order valence-electron chi connectivity index (χ1n) is 12.0. The lowest BCUT2D eigenvalue weighted by atomic mass is 10.2. The SMILES string of the molecule is CN1c2cccc(n2)N(C)c2cccc(n2)N(C)c2cc(Cl)cc(c2OS(=O)(=O)C(F)(F)F)N(C)c2cccc1n2. The summed E-state index contributed by atoms with van der Waals surface area (Å²) in [6.07, 6.45) is 0. The van der Waals surface area contributed by atoms with Gasteiger partial charge in [0.2, 0.25) is 0 Å². The third-order valence-corrected chi connectivity index (χ3v) is 7.61. The van der Waals surface area contributed by atoms with Crippen LogP contribution in [0.1, 0.15) is 0 Å². The number of hydrogen-bond donors (Lipinski definition) is 0. The smallest absolute Gasteiger partial charge is 0.372 e. The minimum Gasteiger partial charge on any atom is -0.372 e. The number of pyridine rings is 3. The Labute approximate surface area is 239 Å². The molecule has 5 rings (SSSR count). The minimum absolute atomic E-state index is 0.0834. The van der Waals surface area contributed by atoms with E-state index >= 15 is 0 Å². The summed E-state index contributed by atoms with van der Waals surface area (Å²) in [6.45, 7) is 0. The first-order valence-corrected chi connectivity index (χ1v) is 13.8. The molecule has 4 aromatic rings. The van der Waals surface area contributed by atoms with Crippen LogP contribution >= 0.6 is 11.6 Å². The molecule has 1 aliphatic rings. The molecule has 8 bridgehead atoms. The number of nitrogens with zero attached hydrogens (tertiary/aromatic N) is 7. The molecule has 0 aliphatic carbocycles. The fraction of sp³-hybridized carbons (Fsp3) is 0.192. The number of alkyl halides is 3. The number of fused-ring (bicyclic) bond motifs is 8. The Hall–Kier alpha value is -4.30. The van der Waals surface area contributed by atoms with Crippen LogP contribution in [0, 0.1) is 0 Å². The Balaban J connectivity index is 1.81. The highest BCUT2D eigenvalue weighted by Gasteiger charge is 2.49. The van der Waals surface area contributed by atoms with E-state index in [4.69, 9.17) is 20.8 Å². The van der Waals surface area contributed by atoms with Gasteiger partial charge in [-0.1, -0.05) is 29.8 Å². The molecule has 0 N–H and O–H groups in total. The lowest BCUT2D eigenvalue weighted by molar-refractivity contribution is -0.0499. The number of anilines is 8.